The first-order valence-corrected chi connectivity index (χ1v) is 10.8. The molecule has 1 aliphatic heterocycles. The lowest BCUT2D eigenvalue weighted by atomic mass is 10.2. The minimum atomic E-state index is 0.659. The van der Waals surface area contributed by atoms with E-state index in [0.717, 1.165) is 65.4 Å². The second-order valence-electron chi connectivity index (χ2n) is 7.67. The first-order chi connectivity index (χ1) is 15.7. The molecule has 166 valence electrons. The van der Waals surface area contributed by atoms with Gasteiger partial charge in [0.25, 0.3) is 0 Å². The molecule has 2 aromatic carbocycles. The first kappa shape index (κ1) is 20.2. The van der Waals surface area contributed by atoms with Crippen molar-refractivity contribution in [1.82, 2.24) is 15.0 Å². The molecule has 1 N–H and O–H groups in total. The number of piperazine rings is 1. The second-order valence-corrected chi connectivity index (χ2v) is 7.67. The summed E-state index contributed by atoms with van der Waals surface area (Å²) >= 11 is 0. The van der Waals surface area contributed by atoms with Gasteiger partial charge in [-0.15, -0.1) is 0 Å². The molecule has 0 bridgehead atoms. The van der Waals surface area contributed by atoms with E-state index >= 15 is 0 Å². The number of nitrogens with one attached hydrogen (secondary N) is 1. The SMILES string of the molecule is CCOc1ccccc1N1CCN(c2ncnc3c2[nH]c2cc(OC)c(OC)cc23)CC1. The third kappa shape index (κ3) is 3.41. The number of aromatic amines is 1. The number of ether oxygens (including phenoxy) is 3. The van der Waals surface area contributed by atoms with Crippen LogP contribution in [-0.2, 0) is 0 Å². The van der Waals surface area contributed by atoms with Crippen LogP contribution in [0.1, 0.15) is 6.92 Å². The Balaban J connectivity index is 1.45. The molecule has 1 fully saturated rings. The number of methoxy groups -OCH3 is 2. The average molecular weight is 434 g/mol. The van der Waals surface area contributed by atoms with Crippen molar-refractivity contribution in [2.75, 3.05) is 56.8 Å². The molecule has 32 heavy (non-hydrogen) atoms. The van der Waals surface area contributed by atoms with Crippen LogP contribution < -0.4 is 24.0 Å². The summed E-state index contributed by atoms with van der Waals surface area (Å²) < 4.78 is 16.8. The standard InChI is InChI=1S/C24H27N5O3/c1-4-32-19-8-6-5-7-18(19)28-9-11-29(12-10-28)24-23-22(25-15-26-24)16-13-20(30-2)21(31-3)14-17(16)27-23/h5-8,13-15,27H,4,9-12H2,1-3H3. The van der Waals surface area contributed by atoms with Crippen molar-refractivity contribution in [2.45, 2.75) is 6.92 Å². The first-order valence-electron chi connectivity index (χ1n) is 10.8. The number of rotatable bonds is 6. The zero-order valence-electron chi connectivity index (χ0n) is 18.6. The van der Waals surface area contributed by atoms with E-state index < -0.39 is 0 Å². The fraction of sp³-hybridized carbons (Fsp3) is 0.333. The van der Waals surface area contributed by atoms with Crippen LogP contribution >= 0.6 is 0 Å². The molecule has 1 saturated heterocycles. The number of benzene rings is 2. The molecule has 0 radical (unpaired) electrons. The van der Waals surface area contributed by atoms with Gasteiger partial charge in [-0.05, 0) is 25.1 Å². The van der Waals surface area contributed by atoms with Crippen LogP contribution in [0, 0.1) is 0 Å². The average Bonchev–Trinajstić information content (AvgIpc) is 3.21. The summed E-state index contributed by atoms with van der Waals surface area (Å²) in [5, 5.41) is 0.991. The maximum absolute atomic E-state index is 5.83. The van der Waals surface area contributed by atoms with Gasteiger partial charge < -0.3 is 29.0 Å². The fourth-order valence-corrected chi connectivity index (χ4v) is 4.40. The maximum Gasteiger partial charge on any atom is 0.162 e. The molecule has 0 amide bonds. The van der Waals surface area contributed by atoms with Gasteiger partial charge in [-0.25, -0.2) is 9.97 Å². The van der Waals surface area contributed by atoms with Crippen LogP contribution in [-0.4, -0.2) is 62.0 Å². The fourth-order valence-electron chi connectivity index (χ4n) is 4.40. The summed E-state index contributed by atoms with van der Waals surface area (Å²) in [6.45, 7) is 6.16. The van der Waals surface area contributed by atoms with E-state index in [1.54, 1.807) is 20.5 Å². The van der Waals surface area contributed by atoms with E-state index in [1.807, 2.05) is 31.2 Å². The van der Waals surface area contributed by atoms with Crippen molar-refractivity contribution in [3.8, 4) is 17.2 Å². The molecule has 4 aromatic rings. The van der Waals surface area contributed by atoms with Crippen LogP contribution in [0.3, 0.4) is 0 Å². The number of para-hydroxylation sites is 2. The highest BCUT2D eigenvalue weighted by atomic mass is 16.5. The summed E-state index contributed by atoms with van der Waals surface area (Å²) in [6, 6.07) is 12.1. The van der Waals surface area contributed by atoms with Gasteiger partial charge in [0.15, 0.2) is 17.3 Å². The molecule has 8 nitrogen and oxygen atoms in total. The van der Waals surface area contributed by atoms with E-state index in [-0.39, 0.29) is 0 Å². The number of hydrogen-bond acceptors (Lipinski definition) is 7. The minimum absolute atomic E-state index is 0.659. The molecule has 8 heteroatoms. The summed E-state index contributed by atoms with van der Waals surface area (Å²) in [5.74, 6) is 3.22. The Hall–Kier alpha value is -3.68. The third-order valence-corrected chi connectivity index (χ3v) is 5.95. The topological polar surface area (TPSA) is 75.7 Å². The number of hydrogen-bond donors (Lipinski definition) is 1. The highest BCUT2D eigenvalue weighted by Crippen LogP contribution is 2.37. The molecule has 0 aliphatic carbocycles. The second kappa shape index (κ2) is 8.45. The maximum atomic E-state index is 5.83. The Morgan fingerprint density at radius 3 is 2.38 bits per heavy atom. The molecule has 3 heterocycles. The largest absolute Gasteiger partial charge is 0.493 e. The predicted molar refractivity (Wildman–Crippen MR) is 127 cm³/mol. The summed E-state index contributed by atoms with van der Waals surface area (Å²) in [5.41, 5.74) is 3.91. The van der Waals surface area contributed by atoms with E-state index in [1.165, 1.54) is 0 Å². The number of nitrogens with zero attached hydrogens (tertiary/aromatic N) is 4. The van der Waals surface area contributed by atoms with E-state index in [2.05, 4.69) is 36.9 Å². The van der Waals surface area contributed by atoms with Crippen LogP contribution in [0.15, 0.2) is 42.7 Å². The number of anilines is 2. The minimum Gasteiger partial charge on any atom is -0.493 e. The van der Waals surface area contributed by atoms with Gasteiger partial charge in [0.05, 0.1) is 32.0 Å². The summed E-state index contributed by atoms with van der Waals surface area (Å²) in [4.78, 5) is 17.4. The van der Waals surface area contributed by atoms with Gasteiger partial charge in [0.1, 0.15) is 23.1 Å². The Kier molecular flexibility index (Phi) is 5.34. The number of fused-ring (bicyclic) bond motifs is 3. The van der Waals surface area contributed by atoms with Gasteiger partial charge in [0.2, 0.25) is 0 Å². The van der Waals surface area contributed by atoms with Gasteiger partial charge in [-0.1, -0.05) is 12.1 Å². The molecular weight excluding hydrogens is 406 g/mol. The lowest BCUT2D eigenvalue weighted by molar-refractivity contribution is 0.340. The van der Waals surface area contributed by atoms with Crippen molar-refractivity contribution in [3.05, 3.63) is 42.7 Å². The number of aromatic nitrogens is 3. The molecule has 0 unspecified atom stereocenters. The van der Waals surface area contributed by atoms with Crippen molar-refractivity contribution >= 4 is 33.4 Å². The van der Waals surface area contributed by atoms with Crippen LogP contribution in [0.4, 0.5) is 11.5 Å². The van der Waals surface area contributed by atoms with Crippen LogP contribution in [0.25, 0.3) is 21.9 Å². The lowest BCUT2D eigenvalue weighted by Crippen LogP contribution is -2.47. The van der Waals surface area contributed by atoms with Gasteiger partial charge >= 0.3 is 0 Å². The lowest BCUT2D eigenvalue weighted by Gasteiger charge is -2.37. The molecule has 2 aromatic heterocycles. The highest BCUT2D eigenvalue weighted by Gasteiger charge is 2.23. The molecule has 0 saturated carbocycles. The quantitative estimate of drug-likeness (QED) is 0.495. The van der Waals surface area contributed by atoms with E-state index in [9.17, 15) is 0 Å². The van der Waals surface area contributed by atoms with Crippen molar-refractivity contribution in [1.29, 1.82) is 0 Å². The van der Waals surface area contributed by atoms with Crippen molar-refractivity contribution in [2.24, 2.45) is 0 Å². The summed E-state index contributed by atoms with van der Waals surface area (Å²) in [7, 11) is 3.28. The highest BCUT2D eigenvalue weighted by molar-refractivity contribution is 6.09. The van der Waals surface area contributed by atoms with E-state index in [0.29, 0.717) is 18.1 Å². The Bertz CT molecular complexity index is 1250. The Morgan fingerprint density at radius 2 is 1.62 bits per heavy atom. The van der Waals surface area contributed by atoms with E-state index in [4.69, 9.17) is 14.2 Å². The predicted octanol–water partition coefficient (Wildman–Crippen LogP) is 3.85. The monoisotopic (exact) mass is 433 g/mol. The van der Waals surface area contributed by atoms with Gasteiger partial charge in [-0.2, -0.15) is 0 Å². The summed E-state index contributed by atoms with van der Waals surface area (Å²) in [6.07, 6.45) is 1.64. The molecule has 0 atom stereocenters. The zero-order chi connectivity index (χ0) is 22.1. The van der Waals surface area contributed by atoms with Crippen LogP contribution in [0.5, 0.6) is 17.2 Å². The zero-order valence-corrected chi connectivity index (χ0v) is 18.6. The molecule has 1 aliphatic rings. The normalized spacial score (nSPS) is 14.2. The Labute approximate surface area is 186 Å². The van der Waals surface area contributed by atoms with Gasteiger partial charge in [-0.3, -0.25) is 0 Å². The number of H-pyrrole nitrogens is 1. The van der Waals surface area contributed by atoms with Gasteiger partial charge in [0, 0.05) is 37.6 Å². The smallest absolute Gasteiger partial charge is 0.162 e. The van der Waals surface area contributed by atoms with Crippen LogP contribution in [0.2, 0.25) is 0 Å². The molecular formula is C24H27N5O3. The molecule has 5 rings (SSSR count). The van der Waals surface area contributed by atoms with Crippen molar-refractivity contribution < 1.29 is 14.2 Å². The van der Waals surface area contributed by atoms with Crippen molar-refractivity contribution in [3.63, 3.8) is 0 Å². The molecule has 0 spiro atoms. The Morgan fingerprint density at radius 1 is 0.906 bits per heavy atom. The third-order valence-electron chi connectivity index (χ3n) is 5.95.